The molecule has 0 aliphatic carbocycles. The first-order valence-electron chi connectivity index (χ1n) is 5.75. The van der Waals surface area contributed by atoms with Crippen LogP contribution in [0.3, 0.4) is 0 Å². The van der Waals surface area contributed by atoms with E-state index < -0.39 is 0 Å². The molecule has 1 amide bonds. The van der Waals surface area contributed by atoms with Crippen molar-refractivity contribution in [3.05, 3.63) is 34.1 Å². The van der Waals surface area contributed by atoms with Gasteiger partial charge in [0.15, 0.2) is 0 Å². The molecular weight excluding hydrogens is 321 g/mol. The van der Waals surface area contributed by atoms with Crippen LogP contribution in [0.1, 0.15) is 37.0 Å². The van der Waals surface area contributed by atoms with E-state index in [2.05, 4.69) is 21.2 Å². The van der Waals surface area contributed by atoms with Crippen LogP contribution >= 0.6 is 27.5 Å². The van der Waals surface area contributed by atoms with Crippen molar-refractivity contribution >= 4 is 33.4 Å². The van der Waals surface area contributed by atoms with E-state index >= 15 is 0 Å². The van der Waals surface area contributed by atoms with Crippen LogP contribution in [-0.4, -0.2) is 17.3 Å². The zero-order chi connectivity index (χ0) is 13.8. The number of nitrogens with one attached hydrogen (secondary N) is 1. The van der Waals surface area contributed by atoms with Crippen molar-refractivity contribution in [2.75, 3.05) is 5.88 Å². The van der Waals surface area contributed by atoms with Crippen LogP contribution in [0.15, 0.2) is 22.7 Å². The van der Waals surface area contributed by atoms with Crippen LogP contribution in [0.5, 0.6) is 0 Å². The molecule has 1 rings (SSSR count). The minimum Gasteiger partial charge on any atom is -0.347 e. The van der Waals surface area contributed by atoms with Gasteiger partial charge in [-0.25, -0.2) is 4.39 Å². The zero-order valence-electron chi connectivity index (χ0n) is 10.4. The van der Waals surface area contributed by atoms with E-state index in [-0.39, 0.29) is 17.3 Å². The fourth-order valence-corrected chi connectivity index (χ4v) is 2.50. The molecule has 0 bridgehead atoms. The maximum atomic E-state index is 13.0. The summed E-state index contributed by atoms with van der Waals surface area (Å²) in [4.78, 5) is 12.1. The van der Waals surface area contributed by atoms with Crippen LogP contribution in [0, 0.1) is 5.82 Å². The molecule has 0 spiro atoms. The third kappa shape index (κ3) is 3.95. The van der Waals surface area contributed by atoms with E-state index in [9.17, 15) is 9.18 Å². The topological polar surface area (TPSA) is 29.1 Å². The molecule has 0 saturated carbocycles. The largest absolute Gasteiger partial charge is 0.347 e. The van der Waals surface area contributed by atoms with E-state index in [1.54, 1.807) is 0 Å². The van der Waals surface area contributed by atoms with Crippen molar-refractivity contribution in [3.63, 3.8) is 0 Å². The summed E-state index contributed by atoms with van der Waals surface area (Å²) in [5, 5.41) is 2.94. The molecule has 0 aliphatic heterocycles. The Hall–Kier alpha value is -0.610. The van der Waals surface area contributed by atoms with Crippen molar-refractivity contribution in [1.29, 1.82) is 0 Å². The normalized spacial score (nSPS) is 14.1. The number of hydrogen-bond acceptors (Lipinski definition) is 1. The minimum absolute atomic E-state index is 0.226. The minimum atomic E-state index is -0.377. The molecule has 100 valence electrons. The maximum absolute atomic E-state index is 13.0. The molecule has 5 heteroatoms. The lowest BCUT2D eigenvalue weighted by Gasteiger charge is -2.29. The van der Waals surface area contributed by atoms with Gasteiger partial charge in [0, 0.05) is 15.9 Å². The van der Waals surface area contributed by atoms with Gasteiger partial charge in [0.25, 0.3) is 5.91 Å². The summed E-state index contributed by atoms with van der Waals surface area (Å²) in [7, 11) is 0. The van der Waals surface area contributed by atoms with E-state index in [4.69, 9.17) is 11.6 Å². The number of carbonyl (C=O) groups is 1. The summed E-state index contributed by atoms with van der Waals surface area (Å²) < 4.78 is 13.4. The van der Waals surface area contributed by atoms with E-state index in [1.807, 2.05) is 13.8 Å². The molecule has 0 aromatic heterocycles. The van der Waals surface area contributed by atoms with Gasteiger partial charge in [0.2, 0.25) is 0 Å². The van der Waals surface area contributed by atoms with Crippen LogP contribution in [0.25, 0.3) is 0 Å². The molecular formula is C13H16BrClFNO. The molecule has 1 atom stereocenters. The fraction of sp³-hybridized carbons (Fsp3) is 0.462. The summed E-state index contributed by atoms with van der Waals surface area (Å²) in [6.07, 6.45) is 1.47. The average Bonchev–Trinajstić information content (AvgIpc) is 2.28. The lowest BCUT2D eigenvalue weighted by molar-refractivity contribution is 0.0900. The Balaban J connectivity index is 2.87. The van der Waals surface area contributed by atoms with Crippen LogP contribution in [-0.2, 0) is 0 Å². The molecule has 0 saturated heterocycles. The first-order valence-corrected chi connectivity index (χ1v) is 7.08. The molecule has 18 heavy (non-hydrogen) atoms. The van der Waals surface area contributed by atoms with Crippen molar-refractivity contribution in [3.8, 4) is 0 Å². The zero-order valence-corrected chi connectivity index (χ0v) is 12.7. The molecule has 0 aliphatic rings. The Morgan fingerprint density at radius 3 is 2.72 bits per heavy atom. The smallest absolute Gasteiger partial charge is 0.252 e. The van der Waals surface area contributed by atoms with Crippen molar-refractivity contribution < 1.29 is 9.18 Å². The molecule has 0 fully saturated rings. The molecule has 1 aromatic carbocycles. The van der Waals surface area contributed by atoms with Crippen LogP contribution < -0.4 is 5.32 Å². The molecule has 1 aromatic rings. The molecule has 0 heterocycles. The van der Waals surface area contributed by atoms with Crippen LogP contribution in [0.4, 0.5) is 4.39 Å². The monoisotopic (exact) mass is 335 g/mol. The predicted octanol–water partition coefficient (Wildman–Crippen LogP) is 4.12. The maximum Gasteiger partial charge on any atom is 0.252 e. The van der Waals surface area contributed by atoms with Gasteiger partial charge in [-0.1, -0.05) is 6.92 Å². The Labute approximate surface area is 120 Å². The highest BCUT2D eigenvalue weighted by molar-refractivity contribution is 9.10. The van der Waals surface area contributed by atoms with E-state index in [0.29, 0.717) is 22.3 Å². The third-order valence-electron chi connectivity index (χ3n) is 3.02. The van der Waals surface area contributed by atoms with Crippen LogP contribution in [0.2, 0.25) is 0 Å². The van der Waals surface area contributed by atoms with Gasteiger partial charge in [-0.2, -0.15) is 0 Å². The molecule has 1 N–H and O–H groups in total. The molecule has 0 radical (unpaired) electrons. The first-order chi connectivity index (χ1) is 8.41. The van der Waals surface area contributed by atoms with Gasteiger partial charge in [-0.05, 0) is 53.9 Å². The summed E-state index contributed by atoms with van der Waals surface area (Å²) in [6.45, 7) is 3.94. The number of amides is 1. The molecule has 1 unspecified atom stereocenters. The second-order valence-electron chi connectivity index (χ2n) is 4.43. The Kier molecular flexibility index (Phi) is 5.60. The summed E-state index contributed by atoms with van der Waals surface area (Å²) in [5.41, 5.74) is 0.0813. The Morgan fingerprint density at radius 1 is 1.56 bits per heavy atom. The lowest BCUT2D eigenvalue weighted by Crippen LogP contribution is -2.45. The van der Waals surface area contributed by atoms with Gasteiger partial charge in [0.1, 0.15) is 5.82 Å². The van der Waals surface area contributed by atoms with Gasteiger partial charge in [-0.15, -0.1) is 11.6 Å². The van der Waals surface area contributed by atoms with Gasteiger partial charge >= 0.3 is 0 Å². The van der Waals surface area contributed by atoms with E-state index in [1.165, 1.54) is 18.2 Å². The SMILES string of the molecule is CCC(C)(CCCl)NC(=O)c1ccc(F)cc1Br. The number of hydrogen-bond donors (Lipinski definition) is 1. The van der Waals surface area contributed by atoms with Crippen molar-refractivity contribution in [2.24, 2.45) is 0 Å². The second-order valence-corrected chi connectivity index (χ2v) is 5.66. The average molecular weight is 337 g/mol. The number of halogens is 3. The highest BCUT2D eigenvalue weighted by Gasteiger charge is 2.25. The second kappa shape index (κ2) is 6.53. The fourth-order valence-electron chi connectivity index (χ4n) is 1.55. The Morgan fingerprint density at radius 2 is 2.22 bits per heavy atom. The van der Waals surface area contributed by atoms with Crippen molar-refractivity contribution in [1.82, 2.24) is 5.32 Å². The quantitative estimate of drug-likeness (QED) is 0.805. The van der Waals surface area contributed by atoms with Gasteiger partial charge in [0.05, 0.1) is 5.56 Å². The molecule has 2 nitrogen and oxygen atoms in total. The lowest BCUT2D eigenvalue weighted by atomic mass is 9.95. The van der Waals surface area contributed by atoms with Crippen molar-refractivity contribution in [2.45, 2.75) is 32.2 Å². The number of rotatable bonds is 5. The summed E-state index contributed by atoms with van der Waals surface area (Å²) in [5.74, 6) is -0.122. The number of carbonyl (C=O) groups excluding carboxylic acids is 1. The summed E-state index contributed by atoms with van der Waals surface area (Å²) in [6, 6.07) is 4.01. The number of benzene rings is 1. The highest BCUT2D eigenvalue weighted by atomic mass is 79.9. The van der Waals surface area contributed by atoms with E-state index in [0.717, 1.165) is 6.42 Å². The van der Waals surface area contributed by atoms with Gasteiger partial charge < -0.3 is 5.32 Å². The predicted molar refractivity (Wildman–Crippen MR) is 75.6 cm³/mol. The number of alkyl halides is 1. The van der Waals surface area contributed by atoms with Gasteiger partial charge in [-0.3, -0.25) is 4.79 Å². The Bertz CT molecular complexity index is 441. The highest BCUT2D eigenvalue weighted by Crippen LogP contribution is 2.21. The first kappa shape index (κ1) is 15.4. The third-order valence-corrected chi connectivity index (χ3v) is 3.86. The summed E-state index contributed by atoms with van der Waals surface area (Å²) >= 11 is 8.93. The standard InChI is InChI=1S/C13H16BrClFNO/c1-3-13(2,6-7-15)17-12(18)10-5-4-9(16)8-11(10)14/h4-5,8H,3,6-7H2,1-2H3,(H,17,18).